The molecule has 0 aromatic heterocycles. The van der Waals surface area contributed by atoms with E-state index in [4.69, 9.17) is 11.6 Å². The van der Waals surface area contributed by atoms with Gasteiger partial charge in [-0.3, -0.25) is 4.79 Å². The summed E-state index contributed by atoms with van der Waals surface area (Å²) in [5.74, 6) is -0.134. The number of carbonyl (C=O) groups excluding carboxylic acids is 1. The van der Waals surface area contributed by atoms with Gasteiger partial charge < -0.3 is 4.90 Å². The number of hydrogen-bond donors (Lipinski definition) is 0. The van der Waals surface area contributed by atoms with Crippen molar-refractivity contribution in [2.24, 2.45) is 0 Å². The van der Waals surface area contributed by atoms with Crippen LogP contribution in [0.25, 0.3) is 0 Å². The SMILES string of the molecule is CN(C(=O)c1ccc(Cl)c(Br)c1)C1(C#N)CCCCC1. The smallest absolute Gasteiger partial charge is 0.254 e. The van der Waals surface area contributed by atoms with E-state index in [1.54, 1.807) is 30.1 Å². The van der Waals surface area contributed by atoms with Crippen molar-refractivity contribution in [1.29, 1.82) is 5.26 Å². The standard InChI is InChI=1S/C15H16BrClN2O/c1-19(15(10-18)7-3-2-4-8-15)14(20)11-5-6-13(17)12(16)9-11/h5-6,9H,2-4,7-8H2,1H3. The van der Waals surface area contributed by atoms with Crippen molar-refractivity contribution in [3.05, 3.63) is 33.3 Å². The molecule has 20 heavy (non-hydrogen) atoms. The van der Waals surface area contributed by atoms with Gasteiger partial charge in [0, 0.05) is 17.1 Å². The van der Waals surface area contributed by atoms with Crippen LogP contribution in [0.3, 0.4) is 0 Å². The van der Waals surface area contributed by atoms with Gasteiger partial charge in [-0.2, -0.15) is 5.26 Å². The number of carbonyl (C=O) groups is 1. The highest BCUT2D eigenvalue weighted by Crippen LogP contribution is 2.33. The van der Waals surface area contributed by atoms with Crippen molar-refractivity contribution in [2.75, 3.05) is 7.05 Å². The normalized spacial score (nSPS) is 17.3. The molecule has 2 rings (SSSR count). The van der Waals surface area contributed by atoms with Crippen LogP contribution in [0.5, 0.6) is 0 Å². The predicted octanol–water partition coefficient (Wildman–Crippen LogP) is 4.40. The fourth-order valence-corrected chi connectivity index (χ4v) is 3.17. The summed E-state index contributed by atoms with van der Waals surface area (Å²) < 4.78 is 0.688. The van der Waals surface area contributed by atoms with E-state index in [1.165, 1.54) is 0 Å². The van der Waals surface area contributed by atoms with Crippen LogP contribution in [0.15, 0.2) is 22.7 Å². The molecule has 1 aromatic carbocycles. The van der Waals surface area contributed by atoms with Gasteiger partial charge >= 0.3 is 0 Å². The Kier molecular flexibility index (Phi) is 4.72. The Labute approximate surface area is 132 Å². The van der Waals surface area contributed by atoms with Gasteiger partial charge in [0.2, 0.25) is 0 Å². The second kappa shape index (κ2) is 6.15. The van der Waals surface area contributed by atoms with Crippen LogP contribution >= 0.6 is 27.5 Å². The first kappa shape index (κ1) is 15.3. The minimum absolute atomic E-state index is 0.134. The van der Waals surface area contributed by atoms with Gasteiger partial charge in [-0.25, -0.2) is 0 Å². The van der Waals surface area contributed by atoms with Gasteiger partial charge in [-0.15, -0.1) is 0 Å². The molecule has 1 aromatic rings. The van der Waals surface area contributed by atoms with E-state index < -0.39 is 5.54 Å². The number of hydrogen-bond acceptors (Lipinski definition) is 2. The van der Waals surface area contributed by atoms with Gasteiger partial charge in [0.1, 0.15) is 5.54 Å². The zero-order valence-corrected chi connectivity index (χ0v) is 13.7. The monoisotopic (exact) mass is 354 g/mol. The Balaban J connectivity index is 2.27. The Hall–Kier alpha value is -1.05. The average molecular weight is 356 g/mol. The number of benzene rings is 1. The molecule has 106 valence electrons. The molecule has 0 bridgehead atoms. The molecule has 0 saturated heterocycles. The summed E-state index contributed by atoms with van der Waals surface area (Å²) in [6.45, 7) is 0. The highest BCUT2D eigenvalue weighted by molar-refractivity contribution is 9.10. The van der Waals surface area contributed by atoms with E-state index in [0.29, 0.717) is 15.1 Å². The molecule has 0 unspecified atom stereocenters. The summed E-state index contributed by atoms with van der Waals surface area (Å²) in [6.07, 6.45) is 4.63. The van der Waals surface area contributed by atoms with E-state index >= 15 is 0 Å². The molecular weight excluding hydrogens is 340 g/mol. The van der Waals surface area contributed by atoms with Crippen LogP contribution in [0.1, 0.15) is 42.5 Å². The van der Waals surface area contributed by atoms with Gasteiger partial charge in [-0.1, -0.05) is 30.9 Å². The van der Waals surface area contributed by atoms with Crippen molar-refractivity contribution >= 4 is 33.4 Å². The Morgan fingerprint density at radius 3 is 2.60 bits per heavy atom. The average Bonchev–Trinajstić information content (AvgIpc) is 2.49. The number of halogens is 2. The maximum atomic E-state index is 12.6. The van der Waals surface area contributed by atoms with E-state index in [0.717, 1.165) is 32.1 Å². The maximum absolute atomic E-state index is 12.6. The fraction of sp³-hybridized carbons (Fsp3) is 0.467. The molecule has 0 spiro atoms. The Bertz CT molecular complexity index is 561. The van der Waals surface area contributed by atoms with Gasteiger partial charge in [0.25, 0.3) is 5.91 Å². The lowest BCUT2D eigenvalue weighted by molar-refractivity contribution is 0.0589. The van der Waals surface area contributed by atoms with Crippen LogP contribution < -0.4 is 0 Å². The molecule has 0 radical (unpaired) electrons. The molecule has 0 aliphatic heterocycles. The highest BCUT2D eigenvalue weighted by Gasteiger charge is 2.39. The van der Waals surface area contributed by atoms with Crippen LogP contribution in [-0.4, -0.2) is 23.4 Å². The quantitative estimate of drug-likeness (QED) is 0.789. The number of nitriles is 1. The van der Waals surface area contributed by atoms with E-state index in [9.17, 15) is 10.1 Å². The fourth-order valence-electron chi connectivity index (χ4n) is 2.68. The summed E-state index contributed by atoms with van der Waals surface area (Å²) >= 11 is 9.27. The lowest BCUT2D eigenvalue weighted by atomic mass is 9.81. The third-order valence-electron chi connectivity index (χ3n) is 4.00. The van der Waals surface area contributed by atoms with E-state index in [-0.39, 0.29) is 5.91 Å². The lowest BCUT2D eigenvalue weighted by Gasteiger charge is -2.39. The topological polar surface area (TPSA) is 44.1 Å². The number of rotatable bonds is 2. The van der Waals surface area contributed by atoms with Crippen molar-refractivity contribution in [2.45, 2.75) is 37.6 Å². The third-order valence-corrected chi connectivity index (χ3v) is 5.22. The molecule has 0 heterocycles. The van der Waals surface area contributed by atoms with Crippen LogP contribution in [0.4, 0.5) is 0 Å². The van der Waals surface area contributed by atoms with Gasteiger partial charge in [0.15, 0.2) is 0 Å². The van der Waals surface area contributed by atoms with Crippen LogP contribution in [0, 0.1) is 11.3 Å². The van der Waals surface area contributed by atoms with Crippen LogP contribution in [0.2, 0.25) is 5.02 Å². The second-order valence-electron chi connectivity index (χ2n) is 5.20. The molecule has 0 N–H and O–H groups in total. The summed E-state index contributed by atoms with van der Waals surface area (Å²) in [5, 5.41) is 10.1. The molecule has 5 heteroatoms. The first-order valence-electron chi connectivity index (χ1n) is 6.65. The minimum Gasteiger partial charge on any atom is -0.323 e. The maximum Gasteiger partial charge on any atom is 0.254 e. The van der Waals surface area contributed by atoms with Crippen molar-refractivity contribution in [1.82, 2.24) is 4.90 Å². The molecule has 0 atom stereocenters. The second-order valence-corrected chi connectivity index (χ2v) is 6.46. The highest BCUT2D eigenvalue weighted by atomic mass is 79.9. The third kappa shape index (κ3) is 2.84. The summed E-state index contributed by atoms with van der Waals surface area (Å²) in [5.41, 5.74) is -0.120. The van der Waals surface area contributed by atoms with Crippen molar-refractivity contribution in [3.8, 4) is 6.07 Å². The molecule has 1 amide bonds. The first-order chi connectivity index (χ1) is 9.50. The molecule has 1 aliphatic rings. The Morgan fingerprint density at radius 1 is 1.40 bits per heavy atom. The zero-order chi connectivity index (χ0) is 14.8. The summed E-state index contributed by atoms with van der Waals surface area (Å²) in [6, 6.07) is 7.45. The van der Waals surface area contributed by atoms with E-state index in [1.807, 2.05) is 0 Å². The summed E-state index contributed by atoms with van der Waals surface area (Å²) in [7, 11) is 1.72. The molecule has 1 saturated carbocycles. The number of nitrogens with zero attached hydrogens (tertiary/aromatic N) is 2. The Morgan fingerprint density at radius 2 is 2.05 bits per heavy atom. The predicted molar refractivity (Wildman–Crippen MR) is 82.7 cm³/mol. The molecular formula is C15H16BrClN2O. The van der Waals surface area contributed by atoms with Gasteiger partial charge in [-0.05, 0) is 47.0 Å². The molecule has 1 fully saturated rings. The van der Waals surface area contributed by atoms with Crippen molar-refractivity contribution < 1.29 is 4.79 Å². The zero-order valence-electron chi connectivity index (χ0n) is 11.3. The van der Waals surface area contributed by atoms with Crippen molar-refractivity contribution in [3.63, 3.8) is 0 Å². The van der Waals surface area contributed by atoms with E-state index in [2.05, 4.69) is 22.0 Å². The minimum atomic E-state index is -0.665. The largest absolute Gasteiger partial charge is 0.323 e. The van der Waals surface area contributed by atoms with Crippen LogP contribution in [-0.2, 0) is 0 Å². The molecule has 3 nitrogen and oxygen atoms in total. The van der Waals surface area contributed by atoms with Gasteiger partial charge in [0.05, 0.1) is 11.1 Å². The number of amides is 1. The first-order valence-corrected chi connectivity index (χ1v) is 7.82. The summed E-state index contributed by atoms with van der Waals surface area (Å²) in [4.78, 5) is 14.2. The lowest BCUT2D eigenvalue weighted by Crippen LogP contribution is -2.49. The molecule has 1 aliphatic carbocycles.